The molecule has 7 nitrogen and oxygen atoms in total. The molecular weight excluding hydrogens is 1000 g/mol. The van der Waals surface area contributed by atoms with E-state index in [9.17, 15) is 14.4 Å². The van der Waals surface area contributed by atoms with Crippen molar-refractivity contribution in [2.45, 2.75) is 67.6 Å². The zero-order valence-corrected chi connectivity index (χ0v) is 43.2. The third-order valence-electron chi connectivity index (χ3n) is 15.0. The molecule has 75 heavy (non-hydrogen) atoms. The Balaban J connectivity index is 0.785. The average Bonchev–Trinajstić information content (AvgIpc) is 3.93. The van der Waals surface area contributed by atoms with Gasteiger partial charge in [0.25, 0.3) is 5.91 Å². The first-order valence-electron chi connectivity index (χ1n) is 25.2. The third-order valence-corrected chi connectivity index (χ3v) is 16.7. The molecule has 2 aliphatic heterocycles. The number of amides is 1. The molecule has 0 radical (unpaired) electrons. The lowest BCUT2D eigenvalue weighted by molar-refractivity contribution is -0.340. The Morgan fingerprint density at radius 1 is 0.747 bits per heavy atom. The number of H-pyrrole nitrogens is 1. The third kappa shape index (κ3) is 8.84. The predicted octanol–water partition coefficient (Wildman–Crippen LogP) is 15.2. The highest BCUT2D eigenvalue weighted by molar-refractivity contribution is 7.99. The van der Waals surface area contributed by atoms with E-state index in [1.54, 1.807) is 29.8 Å². The fourth-order valence-electron chi connectivity index (χ4n) is 11.5. The second-order valence-electron chi connectivity index (χ2n) is 19.4. The smallest absolute Gasteiger partial charge is 0.426 e. The van der Waals surface area contributed by atoms with Crippen LogP contribution in [0.3, 0.4) is 0 Å². The molecule has 3 heterocycles. The second kappa shape index (κ2) is 20.1. The molecule has 1 N–H and O–H groups in total. The zero-order valence-electron chi connectivity index (χ0n) is 40.8. The number of nitrogens with one attached hydrogen (secondary N) is 1. The van der Waals surface area contributed by atoms with Crippen LogP contribution in [0.2, 0.25) is 10.0 Å². The summed E-state index contributed by atoms with van der Waals surface area (Å²) in [6.07, 6.45) is 8.66. The lowest BCUT2D eigenvalue weighted by atomic mass is 9.91. The van der Waals surface area contributed by atoms with Gasteiger partial charge in [0, 0.05) is 97.0 Å². The van der Waals surface area contributed by atoms with E-state index in [1.807, 2.05) is 103 Å². The number of carbonyl (C=O) groups excluding carboxylic acids is 3. The first kappa shape index (κ1) is 48.6. The highest BCUT2D eigenvalue weighted by Crippen LogP contribution is 2.50. The van der Waals surface area contributed by atoms with E-state index in [0.717, 1.165) is 108 Å². The first-order chi connectivity index (χ1) is 36.5. The van der Waals surface area contributed by atoms with E-state index < -0.39 is 13.4 Å². The number of allylic oxidation sites excluding steroid dienone is 2. The largest absolute Gasteiger partial charge is 0.935 e. The Bertz CT molecular complexity index is 3790. The van der Waals surface area contributed by atoms with Crippen molar-refractivity contribution in [3.63, 3.8) is 0 Å². The standard InChI is InChI=1S/C62H46BCl2F2N3O4S/c1-69(62(73)48-29-30-54-57-47(28-25-41(35-71)56(48)57)46-20-6-7-21-53(46)75-54)42-26-23-36(24-27-42)11-8-22-55(72)74-43-33-49(64)58(50(65)34-43)59(51-31-39-16-9-14-37-12-2-4-18-44(37)60(39)68-51)52-32-40-17-10-15-38-13-3-5-19-45(38)61(40)70(52)63(66)67/h2-7,12-13,18-21,23-35H,8-11,14-17,22H2,1H3/p+1. The number of hydrogen-bond acceptors (Lipinski definition) is 5. The number of ether oxygens (including phenoxy) is 1. The number of benzene rings is 7. The molecule has 2 aliphatic carbocycles. The average molecular weight is 1050 g/mol. The molecule has 1 aromatic heterocycles. The molecule has 0 saturated carbocycles. The highest BCUT2D eigenvalue weighted by Gasteiger charge is 2.48. The molecule has 0 spiro atoms. The summed E-state index contributed by atoms with van der Waals surface area (Å²) in [6, 6.07) is 44.4. The van der Waals surface area contributed by atoms with Gasteiger partial charge < -0.3 is 14.6 Å². The number of aromatic nitrogens is 1. The molecule has 0 bridgehead atoms. The summed E-state index contributed by atoms with van der Waals surface area (Å²) < 4.78 is 38.6. The topological polar surface area (TPSA) is 82.5 Å². The van der Waals surface area contributed by atoms with Crippen LogP contribution in [0.5, 0.6) is 5.75 Å². The number of fused-ring (bicyclic) bond motifs is 8. The van der Waals surface area contributed by atoms with Crippen molar-refractivity contribution in [3.05, 3.63) is 217 Å². The number of nitrogens with zero attached hydrogens (tertiary/aromatic N) is 2. The molecule has 1 amide bonds. The number of rotatable bonds is 11. The van der Waals surface area contributed by atoms with E-state index in [4.69, 9.17) is 27.9 Å². The van der Waals surface area contributed by atoms with Gasteiger partial charge in [0.2, 0.25) is 0 Å². The molecule has 0 unspecified atom stereocenters. The molecule has 0 saturated heterocycles. The molecule has 8 aromatic rings. The van der Waals surface area contributed by atoms with Crippen LogP contribution in [-0.2, 0) is 30.5 Å². The molecule has 0 atom stereocenters. The quantitative estimate of drug-likeness (QED) is 0.0604. The normalized spacial score (nSPS) is 14.9. The van der Waals surface area contributed by atoms with Crippen LogP contribution in [0.15, 0.2) is 167 Å². The van der Waals surface area contributed by atoms with E-state index >= 15 is 8.63 Å². The zero-order chi connectivity index (χ0) is 51.5. The van der Waals surface area contributed by atoms with Crippen LogP contribution in [0.1, 0.15) is 91.9 Å². The second-order valence-corrected chi connectivity index (χ2v) is 21.3. The number of carbonyl (C=O) groups is 3. The number of aromatic amines is 1. The van der Waals surface area contributed by atoms with Crippen molar-refractivity contribution < 1.29 is 32.2 Å². The Labute approximate surface area is 447 Å². The van der Waals surface area contributed by atoms with Crippen molar-refractivity contribution >= 4 is 88.3 Å². The van der Waals surface area contributed by atoms with Crippen LogP contribution in [0, 0.1) is 0 Å². The van der Waals surface area contributed by atoms with Crippen molar-refractivity contribution in [3.8, 4) is 28.1 Å². The fourth-order valence-corrected chi connectivity index (χ4v) is 13.2. The molecule has 12 rings (SSSR count). The Hall–Kier alpha value is -7.31. The van der Waals surface area contributed by atoms with Crippen molar-refractivity contribution in [1.82, 2.24) is 4.98 Å². The fraction of sp³-hybridized carbons (Fsp3) is 0.161. The number of aldehydes is 1. The van der Waals surface area contributed by atoms with Crippen LogP contribution in [-0.4, -0.2) is 47.8 Å². The number of esters is 1. The summed E-state index contributed by atoms with van der Waals surface area (Å²) >= 11 is 16.1. The lowest BCUT2D eigenvalue weighted by Gasteiger charge is -2.24. The summed E-state index contributed by atoms with van der Waals surface area (Å²) in [5.74, 6) is -0.588. The van der Waals surface area contributed by atoms with Gasteiger partial charge in [0.05, 0.1) is 21.3 Å². The van der Waals surface area contributed by atoms with Crippen LogP contribution in [0.25, 0.3) is 38.7 Å². The highest BCUT2D eigenvalue weighted by atomic mass is 35.5. The maximum Gasteiger partial charge on any atom is 0.935 e. The van der Waals surface area contributed by atoms with Gasteiger partial charge in [-0.25, -0.2) is 13.1 Å². The van der Waals surface area contributed by atoms with Gasteiger partial charge in [-0.05, 0) is 127 Å². The Kier molecular flexibility index (Phi) is 13.0. The van der Waals surface area contributed by atoms with E-state index in [0.29, 0.717) is 64.0 Å². The molecule has 7 aromatic carbocycles. The summed E-state index contributed by atoms with van der Waals surface area (Å²) in [5.41, 5.74) is 13.7. The maximum atomic E-state index is 15.8. The van der Waals surface area contributed by atoms with Gasteiger partial charge in [-0.2, -0.15) is 0 Å². The van der Waals surface area contributed by atoms with Gasteiger partial charge >= 0.3 is 13.4 Å². The number of aryl methyl sites for hydroxylation is 4. The summed E-state index contributed by atoms with van der Waals surface area (Å²) in [7, 11) is -1.17. The summed E-state index contributed by atoms with van der Waals surface area (Å²) in [5, 5.41) is 1.83. The minimum absolute atomic E-state index is 0.0891. The molecule has 4 aliphatic rings. The van der Waals surface area contributed by atoms with E-state index in [-0.39, 0.29) is 33.8 Å². The molecule has 13 heteroatoms. The summed E-state index contributed by atoms with van der Waals surface area (Å²) in [6.45, 7) is 0. The Morgan fingerprint density at radius 3 is 2.17 bits per heavy atom. The predicted molar refractivity (Wildman–Crippen MR) is 297 cm³/mol. The van der Waals surface area contributed by atoms with Gasteiger partial charge in [-0.1, -0.05) is 120 Å². The van der Waals surface area contributed by atoms with Gasteiger partial charge in [0.15, 0.2) is 17.7 Å². The minimum atomic E-state index is -2.89. The van der Waals surface area contributed by atoms with Crippen molar-refractivity contribution in [1.29, 1.82) is 0 Å². The number of halogens is 4. The van der Waals surface area contributed by atoms with Crippen molar-refractivity contribution in [2.24, 2.45) is 0 Å². The van der Waals surface area contributed by atoms with Crippen molar-refractivity contribution in [2.75, 3.05) is 11.9 Å². The molecule has 0 fully saturated rings. The van der Waals surface area contributed by atoms with Gasteiger partial charge in [-0.15, -0.1) is 0 Å². The number of hydrogen-bond donors (Lipinski definition) is 1. The van der Waals surface area contributed by atoms with E-state index in [1.165, 1.54) is 17.7 Å². The first-order valence-corrected chi connectivity index (χ1v) is 26.8. The monoisotopic (exact) mass is 1050 g/mol. The van der Waals surface area contributed by atoms with Gasteiger partial charge in [0.1, 0.15) is 5.75 Å². The van der Waals surface area contributed by atoms with E-state index in [2.05, 4.69) is 29.2 Å². The summed E-state index contributed by atoms with van der Waals surface area (Å²) in [4.78, 5) is 47.4. The van der Waals surface area contributed by atoms with Crippen LogP contribution >= 0.6 is 35.0 Å². The molecule has 370 valence electrons. The van der Waals surface area contributed by atoms with Crippen LogP contribution < -0.4 is 9.64 Å². The Morgan fingerprint density at radius 2 is 1.43 bits per heavy atom. The number of anilines is 1. The lowest BCUT2D eigenvalue weighted by Crippen LogP contribution is -2.27. The maximum absolute atomic E-state index is 15.8. The molecular formula is C62H47BCl2F2N3O4S+. The van der Waals surface area contributed by atoms with Gasteiger partial charge in [-0.3, -0.25) is 14.4 Å². The minimum Gasteiger partial charge on any atom is -0.426 e. The van der Waals surface area contributed by atoms with Crippen LogP contribution in [0.4, 0.5) is 14.3 Å². The SMILES string of the molecule is CN(C(=O)c1ccc2c3c(ccc(C=O)c13)-c1ccccc1S2)c1ccc(CCCC(=O)Oc2cc(Cl)c(/C(=C3\C=C4CCCc5ccccc5C4=[N+]3B(F)F)c3cc4c([nH]3)-c3ccccc3CCC4)c(Cl)c2)cc1.